The Bertz CT molecular complexity index is 538. The summed E-state index contributed by atoms with van der Waals surface area (Å²) in [6.45, 7) is 5.45. The minimum absolute atomic E-state index is 0.204. The first kappa shape index (κ1) is 13.4. The fraction of sp³-hybridized carbons (Fsp3) is 0.312. The third-order valence-electron chi connectivity index (χ3n) is 3.23. The highest BCUT2D eigenvalue weighted by Gasteiger charge is 2.16. The van der Waals surface area contributed by atoms with Gasteiger partial charge in [-0.3, -0.25) is 0 Å². The van der Waals surface area contributed by atoms with Gasteiger partial charge in [0.05, 0.1) is 6.61 Å². The molecule has 1 aromatic carbocycles. The number of aromatic hydroxyl groups is 1. The molecular weight excluding hydrogens is 238 g/mol. The van der Waals surface area contributed by atoms with Gasteiger partial charge in [0.25, 0.3) is 0 Å². The van der Waals surface area contributed by atoms with E-state index in [1.54, 1.807) is 6.07 Å². The van der Waals surface area contributed by atoms with Crippen molar-refractivity contribution in [1.29, 1.82) is 0 Å². The zero-order chi connectivity index (χ0) is 13.7. The van der Waals surface area contributed by atoms with Gasteiger partial charge < -0.3 is 9.84 Å². The summed E-state index contributed by atoms with van der Waals surface area (Å²) in [6, 6.07) is 11.9. The van der Waals surface area contributed by atoms with E-state index in [1.807, 2.05) is 31.3 Å². The van der Waals surface area contributed by atoms with E-state index < -0.39 is 0 Å². The maximum atomic E-state index is 9.87. The van der Waals surface area contributed by atoms with E-state index in [4.69, 9.17) is 4.74 Å². The molecule has 0 saturated heterocycles. The van der Waals surface area contributed by atoms with E-state index in [1.165, 1.54) is 5.56 Å². The Morgan fingerprint density at radius 2 is 1.89 bits per heavy atom. The third kappa shape index (κ3) is 3.25. The van der Waals surface area contributed by atoms with Crippen LogP contribution in [0.25, 0.3) is 0 Å². The molecule has 2 rings (SSSR count). The first-order valence-corrected chi connectivity index (χ1v) is 6.61. The average molecular weight is 258 g/mol. The minimum Gasteiger partial charge on any atom is -0.504 e. The quantitative estimate of drug-likeness (QED) is 0.836. The van der Waals surface area contributed by atoms with Crippen molar-refractivity contribution in [2.45, 2.75) is 26.8 Å². The van der Waals surface area contributed by atoms with Gasteiger partial charge in [-0.1, -0.05) is 30.3 Å². The van der Waals surface area contributed by atoms with E-state index in [-0.39, 0.29) is 5.75 Å². The Labute approximate surface area is 114 Å². The first-order chi connectivity index (χ1) is 9.22. The maximum Gasteiger partial charge on any atom is 0.228 e. The zero-order valence-corrected chi connectivity index (χ0v) is 11.5. The van der Waals surface area contributed by atoms with E-state index in [0.29, 0.717) is 12.4 Å². The van der Waals surface area contributed by atoms with Crippen LogP contribution in [0.3, 0.4) is 0 Å². The highest BCUT2D eigenvalue weighted by Crippen LogP contribution is 2.26. The number of nitrogens with zero attached hydrogens (tertiary/aromatic N) is 1. The van der Waals surface area contributed by atoms with Gasteiger partial charge in [0.15, 0.2) is 11.9 Å². The summed E-state index contributed by atoms with van der Waals surface area (Å²) in [5, 5.41) is 9.87. The molecule has 0 spiro atoms. The molecular formula is C16H20NO2+. The number of aryl methyl sites for hydroxylation is 1. The lowest BCUT2D eigenvalue weighted by molar-refractivity contribution is -0.699. The Hall–Kier alpha value is -2.03. The van der Waals surface area contributed by atoms with Gasteiger partial charge in [0.2, 0.25) is 11.4 Å². The van der Waals surface area contributed by atoms with Crippen LogP contribution in [0.5, 0.6) is 11.5 Å². The molecule has 3 nitrogen and oxygen atoms in total. The van der Waals surface area contributed by atoms with Crippen molar-refractivity contribution in [3.05, 3.63) is 53.9 Å². The zero-order valence-electron chi connectivity index (χ0n) is 11.5. The van der Waals surface area contributed by atoms with Gasteiger partial charge in [-0.25, -0.2) is 0 Å². The summed E-state index contributed by atoms with van der Waals surface area (Å²) in [6.07, 6.45) is 2.70. The van der Waals surface area contributed by atoms with Crippen LogP contribution in [-0.2, 0) is 13.0 Å². The van der Waals surface area contributed by atoms with Gasteiger partial charge >= 0.3 is 0 Å². The standard InChI is InChI=1S/C16H19NO2/c1-3-17-11-9-15(18)16(13(17)2)19-12-10-14-7-5-4-6-8-14/h4-9,11H,3,10,12H2,1-2H3/p+1. The van der Waals surface area contributed by atoms with Gasteiger partial charge in [-0.05, 0) is 12.5 Å². The van der Waals surface area contributed by atoms with Crippen molar-refractivity contribution in [3.8, 4) is 11.5 Å². The smallest absolute Gasteiger partial charge is 0.228 e. The van der Waals surface area contributed by atoms with Gasteiger partial charge in [0, 0.05) is 19.4 Å². The summed E-state index contributed by atoms with van der Waals surface area (Å²) in [5.41, 5.74) is 2.19. The van der Waals surface area contributed by atoms with Crippen molar-refractivity contribution in [2.24, 2.45) is 0 Å². The largest absolute Gasteiger partial charge is 0.504 e. The molecule has 1 N–H and O–H groups in total. The Morgan fingerprint density at radius 1 is 1.16 bits per heavy atom. The van der Waals surface area contributed by atoms with E-state index in [9.17, 15) is 5.11 Å². The summed E-state index contributed by atoms with van der Waals surface area (Å²) in [7, 11) is 0. The number of hydrogen-bond acceptors (Lipinski definition) is 2. The number of pyridine rings is 1. The number of benzene rings is 1. The third-order valence-corrected chi connectivity index (χ3v) is 3.23. The second kappa shape index (κ2) is 6.23. The van der Waals surface area contributed by atoms with Crippen LogP contribution in [0.2, 0.25) is 0 Å². The Morgan fingerprint density at radius 3 is 2.58 bits per heavy atom. The van der Waals surface area contributed by atoms with Gasteiger partial charge in [-0.2, -0.15) is 4.57 Å². The van der Waals surface area contributed by atoms with Gasteiger partial charge in [0.1, 0.15) is 6.54 Å². The van der Waals surface area contributed by atoms with Crippen LogP contribution in [0, 0.1) is 6.92 Å². The molecule has 1 aromatic heterocycles. The van der Waals surface area contributed by atoms with Crippen molar-refractivity contribution in [1.82, 2.24) is 0 Å². The molecule has 0 atom stereocenters. The second-order valence-electron chi connectivity index (χ2n) is 4.49. The lowest BCUT2D eigenvalue weighted by Gasteiger charge is -2.09. The van der Waals surface area contributed by atoms with Crippen LogP contribution >= 0.6 is 0 Å². The molecule has 0 aliphatic heterocycles. The summed E-state index contributed by atoms with van der Waals surface area (Å²) in [4.78, 5) is 0. The molecule has 19 heavy (non-hydrogen) atoms. The van der Waals surface area contributed by atoms with Crippen LogP contribution in [-0.4, -0.2) is 11.7 Å². The van der Waals surface area contributed by atoms with E-state index in [2.05, 4.69) is 23.6 Å². The topological polar surface area (TPSA) is 33.3 Å². The second-order valence-corrected chi connectivity index (χ2v) is 4.49. The monoisotopic (exact) mass is 258 g/mol. The molecule has 1 heterocycles. The van der Waals surface area contributed by atoms with Crippen molar-refractivity contribution < 1.29 is 14.4 Å². The molecule has 0 radical (unpaired) electrons. The number of aromatic nitrogens is 1. The summed E-state index contributed by atoms with van der Waals surface area (Å²) < 4.78 is 7.80. The molecule has 3 heteroatoms. The summed E-state index contributed by atoms with van der Waals surface area (Å²) in [5.74, 6) is 0.788. The summed E-state index contributed by atoms with van der Waals surface area (Å²) >= 11 is 0. The predicted molar refractivity (Wildman–Crippen MR) is 74.4 cm³/mol. The highest BCUT2D eigenvalue weighted by atomic mass is 16.5. The number of hydrogen-bond donors (Lipinski definition) is 1. The molecule has 0 unspecified atom stereocenters. The Balaban J connectivity index is 2.03. The lowest BCUT2D eigenvalue weighted by Crippen LogP contribution is -2.35. The molecule has 0 aliphatic rings. The molecule has 2 aromatic rings. The molecule has 0 amide bonds. The van der Waals surface area contributed by atoms with E-state index in [0.717, 1.165) is 18.7 Å². The average Bonchev–Trinajstić information content (AvgIpc) is 2.44. The fourth-order valence-corrected chi connectivity index (χ4v) is 2.10. The predicted octanol–water partition coefficient (Wildman–Crippen LogP) is 2.63. The molecule has 0 saturated carbocycles. The van der Waals surface area contributed by atoms with Crippen LogP contribution in [0.15, 0.2) is 42.6 Å². The molecule has 0 aliphatic carbocycles. The van der Waals surface area contributed by atoms with E-state index >= 15 is 0 Å². The number of rotatable bonds is 5. The maximum absolute atomic E-state index is 9.87. The van der Waals surface area contributed by atoms with Crippen LogP contribution in [0.4, 0.5) is 0 Å². The minimum atomic E-state index is 0.204. The van der Waals surface area contributed by atoms with Crippen LogP contribution < -0.4 is 9.30 Å². The van der Waals surface area contributed by atoms with Crippen LogP contribution in [0.1, 0.15) is 18.2 Å². The Kier molecular flexibility index (Phi) is 4.39. The van der Waals surface area contributed by atoms with Gasteiger partial charge in [-0.15, -0.1) is 0 Å². The van der Waals surface area contributed by atoms with Crippen molar-refractivity contribution in [2.75, 3.05) is 6.61 Å². The lowest BCUT2D eigenvalue weighted by atomic mass is 10.2. The fourth-order valence-electron chi connectivity index (χ4n) is 2.10. The number of ether oxygens (including phenoxy) is 1. The highest BCUT2D eigenvalue weighted by molar-refractivity contribution is 5.38. The molecule has 100 valence electrons. The molecule has 0 bridgehead atoms. The normalized spacial score (nSPS) is 10.4. The first-order valence-electron chi connectivity index (χ1n) is 6.61. The van der Waals surface area contributed by atoms with Crippen molar-refractivity contribution in [3.63, 3.8) is 0 Å². The SMILES string of the molecule is CC[n+]1ccc(O)c(OCCc2ccccc2)c1C. The molecule has 0 fully saturated rings. The van der Waals surface area contributed by atoms with Crippen molar-refractivity contribution >= 4 is 0 Å².